The molecule has 1 heterocycles. The largest absolute Gasteiger partial charge is 0.348 e. The monoisotopic (exact) mass is 328 g/mol. The van der Waals surface area contributed by atoms with Crippen molar-refractivity contribution in [2.45, 2.75) is 40.7 Å². The first-order valence-corrected chi connectivity index (χ1v) is 8.60. The lowest BCUT2D eigenvalue weighted by Gasteiger charge is -2.20. The van der Waals surface area contributed by atoms with Gasteiger partial charge in [-0.05, 0) is 45.5 Å². The maximum absolute atomic E-state index is 12.2. The number of aryl methyl sites for hydroxylation is 1. The Balaban J connectivity index is 2.13. The number of benzene rings is 1. The Hall–Kier alpha value is -2.14. The fourth-order valence-corrected chi connectivity index (χ4v) is 2.91. The first kappa shape index (κ1) is 18.2. The minimum Gasteiger partial charge on any atom is -0.348 e. The molecule has 0 aliphatic carbocycles. The molecule has 0 spiro atoms. The molecule has 5 heteroatoms. The van der Waals surface area contributed by atoms with Crippen LogP contribution in [0.3, 0.4) is 0 Å². The van der Waals surface area contributed by atoms with Crippen molar-refractivity contribution in [1.82, 2.24) is 20.0 Å². The molecule has 1 atom stereocenters. The molecule has 0 bridgehead atoms. The molecule has 0 aliphatic heterocycles. The molecular formula is C19H28N4O. The van der Waals surface area contributed by atoms with Gasteiger partial charge in [-0.25, -0.2) is 4.68 Å². The number of para-hydroxylation sites is 1. The van der Waals surface area contributed by atoms with Gasteiger partial charge in [0.2, 0.25) is 5.91 Å². The fourth-order valence-electron chi connectivity index (χ4n) is 2.91. The number of nitrogens with zero attached hydrogens (tertiary/aromatic N) is 3. The molecule has 130 valence electrons. The summed E-state index contributed by atoms with van der Waals surface area (Å²) in [4.78, 5) is 14.3. The Morgan fingerprint density at radius 3 is 2.54 bits per heavy atom. The number of likely N-dealkylation sites (N-methyl/N-ethyl adjacent to an activating group) is 1. The molecule has 0 saturated carbocycles. The molecule has 1 amide bonds. The Kier molecular flexibility index (Phi) is 6.15. The first-order valence-electron chi connectivity index (χ1n) is 8.60. The van der Waals surface area contributed by atoms with Gasteiger partial charge in [-0.15, -0.1) is 0 Å². The summed E-state index contributed by atoms with van der Waals surface area (Å²) in [6.45, 7) is 12.4. The minimum absolute atomic E-state index is 0.0502. The van der Waals surface area contributed by atoms with Crippen LogP contribution in [0, 0.1) is 13.8 Å². The topological polar surface area (TPSA) is 50.2 Å². The van der Waals surface area contributed by atoms with E-state index in [0.29, 0.717) is 6.54 Å². The third-order valence-corrected chi connectivity index (χ3v) is 4.50. The molecule has 24 heavy (non-hydrogen) atoms. The third-order valence-electron chi connectivity index (χ3n) is 4.50. The molecule has 1 aromatic heterocycles. The maximum atomic E-state index is 12.2. The first-order chi connectivity index (χ1) is 11.5. The summed E-state index contributed by atoms with van der Waals surface area (Å²) in [7, 11) is 0. The Labute approximate surface area is 144 Å². The molecule has 0 aliphatic rings. The molecule has 5 nitrogen and oxygen atoms in total. The quantitative estimate of drug-likeness (QED) is 0.850. The van der Waals surface area contributed by atoms with Crippen LogP contribution in [0.4, 0.5) is 0 Å². The summed E-state index contributed by atoms with van der Waals surface area (Å²) in [6, 6.07) is 8.10. The third kappa shape index (κ3) is 4.03. The highest BCUT2D eigenvalue weighted by Crippen LogP contribution is 2.21. The molecule has 1 N–H and O–H groups in total. The van der Waals surface area contributed by atoms with Crippen molar-refractivity contribution >= 4 is 5.91 Å². The normalized spacial score (nSPS) is 12.4. The van der Waals surface area contributed by atoms with Crippen LogP contribution >= 0.6 is 0 Å². The van der Waals surface area contributed by atoms with Crippen LogP contribution in [0.5, 0.6) is 0 Å². The zero-order valence-electron chi connectivity index (χ0n) is 15.3. The fraction of sp³-hybridized carbons (Fsp3) is 0.474. The lowest BCUT2D eigenvalue weighted by atomic mass is 10.1. The zero-order chi connectivity index (χ0) is 17.7. The van der Waals surface area contributed by atoms with Crippen LogP contribution in [0.15, 0.2) is 30.5 Å². The van der Waals surface area contributed by atoms with Gasteiger partial charge in [-0.3, -0.25) is 9.69 Å². The van der Waals surface area contributed by atoms with Gasteiger partial charge >= 0.3 is 0 Å². The summed E-state index contributed by atoms with van der Waals surface area (Å²) in [5, 5.41) is 7.60. The lowest BCUT2D eigenvalue weighted by Crippen LogP contribution is -2.38. The van der Waals surface area contributed by atoms with Crippen LogP contribution in [-0.2, 0) is 4.79 Å². The van der Waals surface area contributed by atoms with Crippen molar-refractivity contribution in [2.75, 3.05) is 19.6 Å². The van der Waals surface area contributed by atoms with Gasteiger partial charge < -0.3 is 5.32 Å². The van der Waals surface area contributed by atoms with Crippen LogP contribution in [-0.4, -0.2) is 40.2 Å². The van der Waals surface area contributed by atoms with E-state index in [-0.39, 0.29) is 11.9 Å². The zero-order valence-corrected chi connectivity index (χ0v) is 15.3. The number of nitrogens with one attached hydrogen (secondary N) is 1. The predicted molar refractivity (Wildman–Crippen MR) is 97.4 cm³/mol. The van der Waals surface area contributed by atoms with Gasteiger partial charge in [-0.2, -0.15) is 5.10 Å². The Bertz CT molecular complexity index is 688. The highest BCUT2D eigenvalue weighted by atomic mass is 16.2. The second-order valence-corrected chi connectivity index (χ2v) is 6.13. The van der Waals surface area contributed by atoms with Gasteiger partial charge in [0.1, 0.15) is 0 Å². The second kappa shape index (κ2) is 8.11. The Morgan fingerprint density at radius 2 is 1.92 bits per heavy atom. The van der Waals surface area contributed by atoms with Gasteiger partial charge in [-0.1, -0.05) is 32.0 Å². The van der Waals surface area contributed by atoms with E-state index in [9.17, 15) is 4.79 Å². The molecule has 2 aromatic rings. The smallest absolute Gasteiger partial charge is 0.234 e. The summed E-state index contributed by atoms with van der Waals surface area (Å²) in [5.74, 6) is 0.0502. The molecule has 0 radical (unpaired) electrons. The van der Waals surface area contributed by atoms with Crippen LogP contribution < -0.4 is 5.32 Å². The SMILES string of the molecule is CCN(CC)CC(=O)NC(C)c1cnn(-c2ccccc2C)c1C. The summed E-state index contributed by atoms with van der Waals surface area (Å²) in [6.07, 6.45) is 1.85. The maximum Gasteiger partial charge on any atom is 0.234 e. The van der Waals surface area contributed by atoms with E-state index in [1.807, 2.05) is 36.9 Å². The van der Waals surface area contributed by atoms with Gasteiger partial charge in [0.05, 0.1) is 24.5 Å². The summed E-state index contributed by atoms with van der Waals surface area (Å²) < 4.78 is 1.94. The van der Waals surface area contributed by atoms with E-state index < -0.39 is 0 Å². The van der Waals surface area contributed by atoms with E-state index in [2.05, 4.69) is 48.2 Å². The molecular weight excluding hydrogens is 300 g/mol. The van der Waals surface area contributed by atoms with Gasteiger partial charge in [0.15, 0.2) is 0 Å². The number of amides is 1. The molecule has 2 rings (SSSR count). The van der Waals surface area contributed by atoms with E-state index in [1.54, 1.807) is 0 Å². The number of hydrogen-bond acceptors (Lipinski definition) is 3. The van der Waals surface area contributed by atoms with Crippen LogP contribution in [0.1, 0.15) is 43.6 Å². The number of carbonyl (C=O) groups is 1. The molecule has 0 saturated heterocycles. The van der Waals surface area contributed by atoms with E-state index in [4.69, 9.17) is 0 Å². The molecule has 0 fully saturated rings. The average molecular weight is 328 g/mol. The lowest BCUT2D eigenvalue weighted by molar-refractivity contribution is -0.122. The Morgan fingerprint density at radius 1 is 1.25 bits per heavy atom. The minimum atomic E-state index is -0.0640. The number of rotatable bonds is 7. The van der Waals surface area contributed by atoms with Crippen molar-refractivity contribution in [3.63, 3.8) is 0 Å². The van der Waals surface area contributed by atoms with Crippen molar-refractivity contribution in [3.05, 3.63) is 47.3 Å². The van der Waals surface area contributed by atoms with E-state index in [1.165, 1.54) is 5.56 Å². The van der Waals surface area contributed by atoms with Crippen molar-refractivity contribution in [2.24, 2.45) is 0 Å². The van der Waals surface area contributed by atoms with E-state index >= 15 is 0 Å². The van der Waals surface area contributed by atoms with Crippen molar-refractivity contribution in [3.8, 4) is 5.69 Å². The van der Waals surface area contributed by atoms with Gasteiger partial charge in [0, 0.05) is 11.3 Å². The van der Waals surface area contributed by atoms with E-state index in [0.717, 1.165) is 30.0 Å². The summed E-state index contributed by atoms with van der Waals surface area (Å²) >= 11 is 0. The van der Waals surface area contributed by atoms with Crippen molar-refractivity contribution < 1.29 is 4.79 Å². The highest BCUT2D eigenvalue weighted by Gasteiger charge is 2.17. The standard InChI is InChI=1S/C19H28N4O/c1-6-22(7-2)13-19(24)21-15(4)17-12-20-23(16(17)5)18-11-9-8-10-14(18)3/h8-12,15H,6-7,13H2,1-5H3,(H,21,24). The van der Waals surface area contributed by atoms with Gasteiger partial charge in [0.25, 0.3) is 0 Å². The van der Waals surface area contributed by atoms with Crippen molar-refractivity contribution in [1.29, 1.82) is 0 Å². The predicted octanol–water partition coefficient (Wildman–Crippen LogP) is 3.01. The highest BCUT2D eigenvalue weighted by molar-refractivity contribution is 5.78. The number of hydrogen-bond donors (Lipinski definition) is 1. The summed E-state index contributed by atoms with van der Waals surface area (Å²) in [5.41, 5.74) is 4.35. The van der Waals surface area contributed by atoms with Crippen LogP contribution in [0.2, 0.25) is 0 Å². The molecule has 1 unspecified atom stereocenters. The average Bonchev–Trinajstić information content (AvgIpc) is 2.94. The number of carbonyl (C=O) groups excluding carboxylic acids is 1. The molecule has 1 aromatic carbocycles. The number of aromatic nitrogens is 2. The second-order valence-electron chi connectivity index (χ2n) is 6.13. The van der Waals surface area contributed by atoms with Crippen LogP contribution in [0.25, 0.3) is 5.69 Å².